The van der Waals surface area contributed by atoms with E-state index < -0.39 is 9.84 Å². The molecule has 0 aliphatic rings. The van der Waals surface area contributed by atoms with E-state index in [-0.39, 0.29) is 23.0 Å². The van der Waals surface area contributed by atoms with Gasteiger partial charge in [0.2, 0.25) is 5.91 Å². The van der Waals surface area contributed by atoms with Crippen molar-refractivity contribution < 1.29 is 18.0 Å². The molecule has 1 aromatic carbocycles. The van der Waals surface area contributed by atoms with Crippen LogP contribution in [0.2, 0.25) is 0 Å². The largest absolute Gasteiger partial charge is 0.335 e. The van der Waals surface area contributed by atoms with Gasteiger partial charge in [-0.25, -0.2) is 18.4 Å². The Kier molecular flexibility index (Phi) is 5.54. The van der Waals surface area contributed by atoms with E-state index in [1.165, 1.54) is 30.9 Å². The number of pyridine rings is 1. The predicted octanol–water partition coefficient (Wildman–Crippen LogP) is 2.18. The van der Waals surface area contributed by atoms with Gasteiger partial charge in [0.15, 0.2) is 15.6 Å². The van der Waals surface area contributed by atoms with E-state index in [2.05, 4.69) is 20.3 Å². The van der Waals surface area contributed by atoms with E-state index in [9.17, 15) is 18.0 Å². The minimum atomic E-state index is -3.29. The summed E-state index contributed by atoms with van der Waals surface area (Å²) in [5.74, 6) is -0.576. The van der Waals surface area contributed by atoms with E-state index in [1.807, 2.05) is 0 Å². The third-order valence-corrected chi connectivity index (χ3v) is 6.01. The molecule has 0 saturated carbocycles. The minimum absolute atomic E-state index is 0.0445. The van der Waals surface area contributed by atoms with Crippen molar-refractivity contribution in [1.29, 1.82) is 0 Å². The first kappa shape index (κ1) is 21.3. The number of nitrogens with one attached hydrogen (secondary N) is 1. The first-order valence-electron chi connectivity index (χ1n) is 9.56. The summed E-state index contributed by atoms with van der Waals surface area (Å²) in [5.41, 5.74) is 2.44. The quantitative estimate of drug-likeness (QED) is 0.447. The van der Waals surface area contributed by atoms with Crippen LogP contribution in [-0.2, 0) is 28.1 Å². The van der Waals surface area contributed by atoms with Crippen LogP contribution < -0.4 is 5.32 Å². The van der Waals surface area contributed by atoms with Crippen molar-refractivity contribution in [3.63, 3.8) is 0 Å². The smallest absolute Gasteiger partial charge is 0.228 e. The topological polar surface area (TPSA) is 124 Å². The lowest BCUT2D eigenvalue weighted by atomic mass is 10.1. The molecule has 32 heavy (non-hydrogen) atoms. The fourth-order valence-corrected chi connectivity index (χ4v) is 3.96. The van der Waals surface area contributed by atoms with E-state index >= 15 is 0 Å². The van der Waals surface area contributed by atoms with Crippen molar-refractivity contribution in [2.24, 2.45) is 7.05 Å². The Labute approximate surface area is 184 Å². The van der Waals surface area contributed by atoms with Crippen LogP contribution >= 0.6 is 0 Å². The molecule has 162 valence electrons. The van der Waals surface area contributed by atoms with Crippen LogP contribution in [0.4, 0.5) is 5.69 Å². The van der Waals surface area contributed by atoms with E-state index in [4.69, 9.17) is 0 Å². The highest BCUT2D eigenvalue weighted by atomic mass is 32.2. The third-order valence-electron chi connectivity index (χ3n) is 4.88. The molecule has 3 aromatic heterocycles. The highest BCUT2D eigenvalue weighted by Crippen LogP contribution is 2.22. The fraction of sp³-hybridized carbons (Fsp3) is 0.136. The molecular weight excluding hydrogens is 430 g/mol. The van der Waals surface area contributed by atoms with Gasteiger partial charge < -0.3 is 9.88 Å². The van der Waals surface area contributed by atoms with Gasteiger partial charge >= 0.3 is 0 Å². The monoisotopic (exact) mass is 449 g/mol. The number of benzene rings is 1. The lowest BCUT2D eigenvalue weighted by Crippen LogP contribution is -2.15. The van der Waals surface area contributed by atoms with Gasteiger partial charge in [-0.05, 0) is 23.8 Å². The Morgan fingerprint density at radius 2 is 1.81 bits per heavy atom. The van der Waals surface area contributed by atoms with Gasteiger partial charge in [0, 0.05) is 42.8 Å². The average Bonchev–Trinajstić information content (AvgIpc) is 3.10. The fourth-order valence-electron chi connectivity index (χ4n) is 3.33. The molecule has 10 heteroatoms. The van der Waals surface area contributed by atoms with Crippen LogP contribution in [-0.4, -0.2) is 45.9 Å². The normalized spacial score (nSPS) is 11.4. The van der Waals surface area contributed by atoms with Crippen molar-refractivity contribution in [3.8, 4) is 0 Å². The summed E-state index contributed by atoms with van der Waals surface area (Å²) in [7, 11) is -1.50. The Hall–Kier alpha value is -3.92. The zero-order valence-corrected chi connectivity index (χ0v) is 18.1. The summed E-state index contributed by atoms with van der Waals surface area (Å²) in [6, 6.07) is 7.68. The summed E-state index contributed by atoms with van der Waals surface area (Å²) in [6.07, 6.45) is 8.75. The van der Waals surface area contributed by atoms with E-state index in [0.717, 1.165) is 6.26 Å². The standard InChI is InChI=1S/C22H19N5O4S/c1-27-12-19(18-11-24-13-25-22(18)27)21(29)15-8-16(10-23-9-15)26-20(28)7-14-3-5-17(6-4-14)32(2,30)31/h3-6,8-13H,7H2,1-2H3,(H,26,28). The molecule has 0 saturated heterocycles. The molecule has 0 aliphatic heterocycles. The van der Waals surface area contributed by atoms with E-state index in [1.54, 1.807) is 42.2 Å². The number of aryl methyl sites for hydroxylation is 1. The van der Waals surface area contributed by atoms with Crippen molar-refractivity contribution in [2.75, 3.05) is 11.6 Å². The molecule has 0 atom stereocenters. The number of carbonyl (C=O) groups excluding carboxylic acids is 2. The number of hydrogen-bond acceptors (Lipinski definition) is 7. The third kappa shape index (κ3) is 4.40. The molecule has 1 amide bonds. The molecule has 9 nitrogen and oxygen atoms in total. The summed E-state index contributed by atoms with van der Waals surface area (Å²) in [4.78, 5) is 37.9. The number of rotatable bonds is 6. The molecule has 3 heterocycles. The van der Waals surface area contributed by atoms with Crippen LogP contribution in [0.25, 0.3) is 11.0 Å². The SMILES string of the molecule is Cn1cc(C(=O)c2cncc(NC(=O)Cc3ccc(S(C)(=O)=O)cc3)c2)c2cncnc21. The van der Waals surface area contributed by atoms with Gasteiger partial charge in [-0.3, -0.25) is 14.6 Å². The average molecular weight is 449 g/mol. The van der Waals surface area contributed by atoms with Crippen LogP contribution in [0.3, 0.4) is 0 Å². The van der Waals surface area contributed by atoms with Crippen LogP contribution in [0, 0.1) is 0 Å². The first-order chi connectivity index (χ1) is 15.2. The van der Waals surface area contributed by atoms with Crippen molar-refractivity contribution in [1.82, 2.24) is 19.5 Å². The van der Waals surface area contributed by atoms with Crippen molar-refractivity contribution in [2.45, 2.75) is 11.3 Å². The zero-order valence-electron chi connectivity index (χ0n) is 17.3. The summed E-state index contributed by atoms with van der Waals surface area (Å²) in [5, 5.41) is 3.35. The van der Waals surface area contributed by atoms with Gasteiger partial charge in [0.05, 0.1) is 28.8 Å². The Balaban J connectivity index is 1.50. The van der Waals surface area contributed by atoms with Gasteiger partial charge in [-0.15, -0.1) is 0 Å². The van der Waals surface area contributed by atoms with Gasteiger partial charge in [-0.1, -0.05) is 12.1 Å². The Morgan fingerprint density at radius 3 is 2.53 bits per heavy atom. The molecule has 1 N–H and O–H groups in total. The number of anilines is 1. The Bertz CT molecular complexity index is 1440. The van der Waals surface area contributed by atoms with Crippen molar-refractivity contribution in [3.05, 3.63) is 78.1 Å². The molecule has 4 aromatic rings. The van der Waals surface area contributed by atoms with Crippen LogP contribution in [0.15, 0.2) is 66.3 Å². The number of sulfone groups is 1. The van der Waals surface area contributed by atoms with Gasteiger partial charge in [0.25, 0.3) is 0 Å². The van der Waals surface area contributed by atoms with E-state index in [0.29, 0.717) is 33.4 Å². The number of hydrogen-bond donors (Lipinski definition) is 1. The zero-order chi connectivity index (χ0) is 22.9. The molecule has 0 bridgehead atoms. The summed E-state index contributed by atoms with van der Waals surface area (Å²) >= 11 is 0. The maximum atomic E-state index is 13.0. The Morgan fingerprint density at radius 1 is 1.06 bits per heavy atom. The van der Waals surface area contributed by atoms with Gasteiger partial charge in [0.1, 0.15) is 12.0 Å². The number of fused-ring (bicyclic) bond motifs is 1. The predicted molar refractivity (Wildman–Crippen MR) is 118 cm³/mol. The molecule has 4 rings (SSSR count). The lowest BCUT2D eigenvalue weighted by molar-refractivity contribution is -0.115. The van der Waals surface area contributed by atoms with Crippen LogP contribution in [0.1, 0.15) is 21.5 Å². The molecule has 0 spiro atoms. The molecule has 0 radical (unpaired) electrons. The number of ketones is 1. The highest BCUT2D eigenvalue weighted by molar-refractivity contribution is 7.90. The second-order valence-corrected chi connectivity index (χ2v) is 9.36. The first-order valence-corrected chi connectivity index (χ1v) is 11.4. The second kappa shape index (κ2) is 8.31. The minimum Gasteiger partial charge on any atom is -0.335 e. The molecule has 0 fully saturated rings. The number of carbonyl (C=O) groups is 2. The van der Waals surface area contributed by atoms with Crippen molar-refractivity contribution >= 4 is 38.2 Å². The summed E-state index contributed by atoms with van der Waals surface area (Å²) < 4.78 is 24.8. The van der Waals surface area contributed by atoms with Gasteiger partial charge in [-0.2, -0.15) is 0 Å². The second-order valence-electron chi connectivity index (χ2n) is 7.35. The maximum absolute atomic E-state index is 13.0. The molecular formula is C22H19N5O4S. The number of nitrogens with zero attached hydrogens (tertiary/aromatic N) is 4. The molecule has 0 aliphatic carbocycles. The van der Waals surface area contributed by atoms with Crippen LogP contribution in [0.5, 0.6) is 0 Å². The molecule has 0 unspecified atom stereocenters. The number of aromatic nitrogens is 4. The number of amides is 1. The lowest BCUT2D eigenvalue weighted by Gasteiger charge is -2.07. The summed E-state index contributed by atoms with van der Waals surface area (Å²) in [6.45, 7) is 0. The maximum Gasteiger partial charge on any atom is 0.228 e. The highest BCUT2D eigenvalue weighted by Gasteiger charge is 2.18.